The van der Waals surface area contributed by atoms with Crippen molar-refractivity contribution in [2.75, 3.05) is 6.54 Å². The summed E-state index contributed by atoms with van der Waals surface area (Å²) in [4.78, 5) is 13.8. The van der Waals surface area contributed by atoms with E-state index in [0.29, 0.717) is 0 Å². The maximum absolute atomic E-state index is 12.0. The normalized spacial score (nSPS) is 34.0. The van der Waals surface area contributed by atoms with Crippen LogP contribution < -0.4 is 5.73 Å². The number of nitrogens with zero attached hydrogens (tertiary/aromatic N) is 1. The number of hydrogen-bond acceptors (Lipinski definition) is 3. The summed E-state index contributed by atoms with van der Waals surface area (Å²) in [7, 11) is 0. The van der Waals surface area contributed by atoms with Crippen molar-refractivity contribution in [3.05, 3.63) is 0 Å². The average Bonchev–Trinajstić information content (AvgIpc) is 2.56. The second-order valence-corrected chi connectivity index (χ2v) is 6.06. The summed E-state index contributed by atoms with van der Waals surface area (Å²) in [6.45, 7) is 6.43. The first-order valence-corrected chi connectivity index (χ1v) is 6.10. The molecule has 1 amide bonds. The second kappa shape index (κ2) is 3.62. The first-order chi connectivity index (χ1) is 7.32. The molecule has 1 aliphatic carbocycles. The smallest absolute Gasteiger partial charge is 0.410 e. The maximum atomic E-state index is 12.0. The monoisotopic (exact) mass is 226 g/mol. The Hall–Kier alpha value is -0.770. The van der Waals surface area contributed by atoms with Crippen LogP contribution in [-0.4, -0.2) is 34.7 Å². The zero-order chi connectivity index (χ0) is 12.0. The fraction of sp³-hybridized carbons (Fsp3) is 0.917. The highest BCUT2D eigenvalue weighted by molar-refractivity contribution is 5.69. The highest BCUT2D eigenvalue weighted by Crippen LogP contribution is 2.40. The molecule has 92 valence electrons. The van der Waals surface area contributed by atoms with Gasteiger partial charge in [0.25, 0.3) is 0 Å². The lowest BCUT2D eigenvalue weighted by molar-refractivity contribution is 0.0211. The average molecular weight is 226 g/mol. The number of nitrogens with two attached hydrogens (primary N) is 1. The van der Waals surface area contributed by atoms with Crippen LogP contribution in [0.5, 0.6) is 0 Å². The molecule has 1 heterocycles. The molecule has 0 aromatic heterocycles. The Kier molecular flexibility index (Phi) is 2.65. The summed E-state index contributed by atoms with van der Waals surface area (Å²) in [5, 5.41) is 0. The van der Waals surface area contributed by atoms with Gasteiger partial charge in [-0.05, 0) is 46.5 Å². The summed E-state index contributed by atoms with van der Waals surface area (Å²) in [5.74, 6) is 0. The molecular weight excluding hydrogens is 204 g/mol. The minimum absolute atomic E-state index is 0.142. The van der Waals surface area contributed by atoms with Gasteiger partial charge in [-0.15, -0.1) is 0 Å². The molecule has 2 aliphatic rings. The van der Waals surface area contributed by atoms with Crippen LogP contribution in [0.4, 0.5) is 4.79 Å². The molecule has 2 N–H and O–H groups in total. The van der Waals surface area contributed by atoms with Crippen LogP contribution in [-0.2, 0) is 4.74 Å². The van der Waals surface area contributed by atoms with Gasteiger partial charge in [-0.2, -0.15) is 0 Å². The van der Waals surface area contributed by atoms with Gasteiger partial charge in [0.1, 0.15) is 5.60 Å². The van der Waals surface area contributed by atoms with Crippen molar-refractivity contribution in [2.24, 2.45) is 5.73 Å². The number of carbonyl (C=O) groups excluding carboxylic acids is 1. The molecule has 1 saturated carbocycles. The molecule has 0 unspecified atom stereocenters. The zero-order valence-electron chi connectivity index (χ0n) is 10.5. The summed E-state index contributed by atoms with van der Waals surface area (Å²) in [6.07, 6.45) is 3.90. The van der Waals surface area contributed by atoms with E-state index >= 15 is 0 Å². The Morgan fingerprint density at radius 1 is 1.44 bits per heavy atom. The lowest BCUT2D eigenvalue weighted by Gasteiger charge is -2.30. The van der Waals surface area contributed by atoms with Gasteiger partial charge in [-0.3, -0.25) is 0 Å². The van der Waals surface area contributed by atoms with Gasteiger partial charge in [0, 0.05) is 12.1 Å². The Bertz CT molecular complexity index is 298. The Labute approximate surface area is 97.1 Å². The molecule has 2 rings (SSSR count). The van der Waals surface area contributed by atoms with E-state index in [-0.39, 0.29) is 17.7 Å². The van der Waals surface area contributed by atoms with Gasteiger partial charge < -0.3 is 15.4 Å². The molecule has 0 spiro atoms. The van der Waals surface area contributed by atoms with Crippen LogP contribution in [0.2, 0.25) is 0 Å². The summed E-state index contributed by atoms with van der Waals surface area (Å²) < 4.78 is 5.41. The van der Waals surface area contributed by atoms with Crippen LogP contribution in [0.1, 0.15) is 46.5 Å². The highest BCUT2D eigenvalue weighted by atomic mass is 16.6. The largest absolute Gasteiger partial charge is 0.444 e. The molecule has 2 atom stereocenters. The van der Waals surface area contributed by atoms with Crippen LogP contribution in [0, 0.1) is 0 Å². The first kappa shape index (κ1) is 11.7. The van der Waals surface area contributed by atoms with E-state index in [1.165, 1.54) is 0 Å². The van der Waals surface area contributed by atoms with Crippen molar-refractivity contribution in [1.29, 1.82) is 0 Å². The van der Waals surface area contributed by atoms with Gasteiger partial charge in [-0.25, -0.2) is 4.79 Å². The molecule has 0 aromatic carbocycles. The molecule has 16 heavy (non-hydrogen) atoms. The van der Waals surface area contributed by atoms with E-state index in [2.05, 4.69) is 0 Å². The molecule has 0 radical (unpaired) electrons. The minimum atomic E-state index is -0.421. The zero-order valence-corrected chi connectivity index (χ0v) is 10.5. The SMILES string of the molecule is CC(C)(C)OC(=O)N1CC[C@@]2(N)CCC[C@@H]12. The van der Waals surface area contributed by atoms with Crippen molar-refractivity contribution < 1.29 is 9.53 Å². The topological polar surface area (TPSA) is 55.6 Å². The Morgan fingerprint density at radius 2 is 2.12 bits per heavy atom. The predicted molar refractivity (Wildman–Crippen MR) is 62.1 cm³/mol. The maximum Gasteiger partial charge on any atom is 0.410 e. The van der Waals surface area contributed by atoms with E-state index < -0.39 is 5.60 Å². The molecule has 4 heteroatoms. The molecule has 0 bridgehead atoms. The van der Waals surface area contributed by atoms with Crippen LogP contribution in [0.25, 0.3) is 0 Å². The van der Waals surface area contributed by atoms with Gasteiger partial charge >= 0.3 is 6.09 Å². The lowest BCUT2D eigenvalue weighted by atomic mass is 9.95. The van der Waals surface area contributed by atoms with E-state index in [1.807, 2.05) is 25.7 Å². The molecule has 1 saturated heterocycles. The summed E-state index contributed by atoms with van der Waals surface area (Å²) in [5.41, 5.74) is 5.74. The van der Waals surface area contributed by atoms with Crippen LogP contribution >= 0.6 is 0 Å². The van der Waals surface area contributed by atoms with Crippen LogP contribution in [0.3, 0.4) is 0 Å². The van der Waals surface area contributed by atoms with Gasteiger partial charge in [0.05, 0.1) is 6.04 Å². The van der Waals surface area contributed by atoms with Gasteiger partial charge in [-0.1, -0.05) is 0 Å². The minimum Gasteiger partial charge on any atom is -0.444 e. The van der Waals surface area contributed by atoms with E-state index in [0.717, 1.165) is 32.2 Å². The number of fused-ring (bicyclic) bond motifs is 1. The predicted octanol–water partition coefficient (Wildman–Crippen LogP) is 1.88. The third-order valence-electron chi connectivity index (χ3n) is 3.61. The van der Waals surface area contributed by atoms with Crippen molar-refractivity contribution in [1.82, 2.24) is 4.90 Å². The number of ether oxygens (including phenoxy) is 1. The third kappa shape index (κ3) is 2.03. The standard InChI is InChI=1S/C12H22N2O2/c1-11(2,3)16-10(15)14-8-7-12(13)6-4-5-9(12)14/h9H,4-8,13H2,1-3H3/t9-,12+/m1/s1. The number of likely N-dealkylation sites (tertiary alicyclic amines) is 1. The van der Waals surface area contributed by atoms with Crippen LogP contribution in [0.15, 0.2) is 0 Å². The molecule has 1 aliphatic heterocycles. The third-order valence-corrected chi connectivity index (χ3v) is 3.61. The highest BCUT2D eigenvalue weighted by Gasteiger charge is 2.50. The summed E-state index contributed by atoms with van der Waals surface area (Å²) >= 11 is 0. The Morgan fingerprint density at radius 3 is 2.75 bits per heavy atom. The lowest BCUT2D eigenvalue weighted by Crippen LogP contribution is -2.49. The van der Waals surface area contributed by atoms with Gasteiger partial charge in [0.2, 0.25) is 0 Å². The van der Waals surface area contributed by atoms with Crippen molar-refractivity contribution in [3.8, 4) is 0 Å². The molecule has 4 nitrogen and oxygen atoms in total. The van der Waals surface area contributed by atoms with E-state index in [4.69, 9.17) is 10.5 Å². The fourth-order valence-electron chi connectivity index (χ4n) is 2.86. The Balaban J connectivity index is 2.04. The fourth-order valence-corrected chi connectivity index (χ4v) is 2.86. The summed E-state index contributed by atoms with van der Waals surface area (Å²) in [6, 6.07) is 0.197. The molecular formula is C12H22N2O2. The van der Waals surface area contributed by atoms with Crippen molar-refractivity contribution in [3.63, 3.8) is 0 Å². The van der Waals surface area contributed by atoms with Gasteiger partial charge in [0.15, 0.2) is 0 Å². The number of hydrogen-bond donors (Lipinski definition) is 1. The molecule has 2 fully saturated rings. The quantitative estimate of drug-likeness (QED) is 0.686. The second-order valence-electron chi connectivity index (χ2n) is 6.06. The number of carbonyl (C=O) groups is 1. The molecule has 0 aromatic rings. The van der Waals surface area contributed by atoms with E-state index in [1.54, 1.807) is 0 Å². The first-order valence-electron chi connectivity index (χ1n) is 6.10. The van der Waals surface area contributed by atoms with Crippen molar-refractivity contribution >= 4 is 6.09 Å². The number of amides is 1. The number of rotatable bonds is 0. The van der Waals surface area contributed by atoms with Crippen molar-refractivity contribution in [2.45, 2.75) is 63.6 Å². The van der Waals surface area contributed by atoms with E-state index in [9.17, 15) is 4.79 Å².